The number of hydrogen-bond acceptors (Lipinski definition) is 9. The Labute approximate surface area is 187 Å². The van der Waals surface area contributed by atoms with Gasteiger partial charge in [-0.1, -0.05) is 25.7 Å². The summed E-state index contributed by atoms with van der Waals surface area (Å²) in [5, 5.41) is 2.99. The number of imidazole rings is 1. The lowest BCUT2D eigenvalue weighted by molar-refractivity contribution is -0.197. The quantitative estimate of drug-likeness (QED) is 0.457. The zero-order valence-corrected chi connectivity index (χ0v) is 18.7. The maximum atomic E-state index is 12.9. The van der Waals surface area contributed by atoms with E-state index in [2.05, 4.69) is 20.3 Å². The van der Waals surface area contributed by atoms with Gasteiger partial charge < -0.3 is 31.0 Å². The second kappa shape index (κ2) is 9.65. The van der Waals surface area contributed by atoms with E-state index in [0.29, 0.717) is 17.7 Å². The largest absolute Gasteiger partial charge is 0.382 e. The number of nitrogen functional groups attached to an aromatic ring is 1. The Morgan fingerprint density at radius 1 is 1.09 bits per heavy atom. The van der Waals surface area contributed by atoms with Gasteiger partial charge in [0, 0.05) is 6.54 Å². The van der Waals surface area contributed by atoms with Crippen LogP contribution in [0.3, 0.4) is 0 Å². The monoisotopic (exact) mass is 447 g/mol. The molecule has 2 fully saturated rings. The van der Waals surface area contributed by atoms with Gasteiger partial charge >= 0.3 is 0 Å². The molecule has 2 saturated heterocycles. The van der Waals surface area contributed by atoms with Crippen molar-refractivity contribution in [2.24, 2.45) is 5.73 Å². The molecule has 11 nitrogen and oxygen atoms in total. The first-order chi connectivity index (χ1) is 15.4. The number of ether oxygens (including phenoxy) is 3. The number of anilines is 1. The van der Waals surface area contributed by atoms with Crippen molar-refractivity contribution in [2.45, 2.75) is 82.7 Å². The first kappa shape index (κ1) is 22.8. The Morgan fingerprint density at radius 2 is 1.81 bits per heavy atom. The number of carbonyl (C=O) groups is 1. The molecule has 2 aliphatic heterocycles. The zero-order valence-electron chi connectivity index (χ0n) is 18.7. The third-order valence-corrected chi connectivity index (χ3v) is 5.88. The lowest BCUT2D eigenvalue weighted by Crippen LogP contribution is -2.43. The maximum absolute atomic E-state index is 12.9. The van der Waals surface area contributed by atoms with Gasteiger partial charge in [0.25, 0.3) is 5.91 Å². The predicted octanol–water partition coefficient (Wildman–Crippen LogP) is 1.24. The topological polar surface area (TPSA) is 152 Å². The number of nitrogens with zero attached hydrogens (tertiary/aromatic N) is 4. The lowest BCUT2D eigenvalue weighted by Gasteiger charge is -2.24. The van der Waals surface area contributed by atoms with Crippen LogP contribution in [0.15, 0.2) is 12.7 Å². The first-order valence-corrected chi connectivity index (χ1v) is 11.3. The third kappa shape index (κ3) is 4.70. The highest BCUT2D eigenvalue weighted by molar-refractivity contribution is 5.83. The molecule has 4 atom stereocenters. The Hall–Kier alpha value is -2.34. The molecule has 0 aromatic carbocycles. The average Bonchev–Trinajstić information content (AvgIpc) is 3.41. The summed E-state index contributed by atoms with van der Waals surface area (Å²) < 4.78 is 20.0. The molecule has 11 heteroatoms. The van der Waals surface area contributed by atoms with E-state index >= 15 is 0 Å². The number of amides is 1. The maximum Gasteiger partial charge on any atom is 0.252 e. The number of nitrogens with one attached hydrogen (secondary N) is 1. The van der Waals surface area contributed by atoms with Gasteiger partial charge in [0.1, 0.15) is 24.1 Å². The minimum absolute atomic E-state index is 0.203. The molecule has 5 N–H and O–H groups in total. The summed E-state index contributed by atoms with van der Waals surface area (Å²) in [6.07, 6.45) is 7.05. The van der Waals surface area contributed by atoms with Crippen LogP contribution in [-0.2, 0) is 19.0 Å². The SMILES string of the molecule is CC1(C)O[C@@H]2[C@H](O1)[C@@H](C(=O)NCCCCCCCCN)O[C@H]2n1cnc2c(N)ncnc21. The molecule has 0 unspecified atom stereocenters. The molecule has 0 aliphatic carbocycles. The Kier molecular flexibility index (Phi) is 6.89. The second-order valence-electron chi connectivity index (χ2n) is 8.80. The van der Waals surface area contributed by atoms with Gasteiger partial charge in [-0.15, -0.1) is 0 Å². The van der Waals surface area contributed by atoms with E-state index in [1.807, 2.05) is 13.8 Å². The van der Waals surface area contributed by atoms with E-state index in [0.717, 1.165) is 38.6 Å². The van der Waals surface area contributed by atoms with E-state index in [1.54, 1.807) is 10.9 Å². The van der Waals surface area contributed by atoms with Crippen LogP contribution in [0.2, 0.25) is 0 Å². The number of fused-ring (bicyclic) bond motifs is 2. The number of nitrogens with two attached hydrogens (primary N) is 2. The Bertz CT molecular complexity index is 934. The highest BCUT2D eigenvalue weighted by Gasteiger charge is 2.58. The normalized spacial score (nSPS) is 26.5. The smallest absolute Gasteiger partial charge is 0.252 e. The number of unbranched alkanes of at least 4 members (excludes halogenated alkanes) is 5. The molecule has 0 saturated carbocycles. The van der Waals surface area contributed by atoms with Crippen LogP contribution in [0.4, 0.5) is 5.82 Å². The minimum Gasteiger partial charge on any atom is -0.382 e. The fraction of sp³-hybridized carbons (Fsp3) is 0.714. The van der Waals surface area contributed by atoms with Crippen molar-refractivity contribution in [3.63, 3.8) is 0 Å². The van der Waals surface area contributed by atoms with Crippen LogP contribution in [-0.4, -0.2) is 62.6 Å². The van der Waals surface area contributed by atoms with Crippen molar-refractivity contribution in [3.05, 3.63) is 12.7 Å². The minimum atomic E-state index is -0.830. The zero-order chi connectivity index (χ0) is 22.7. The summed E-state index contributed by atoms with van der Waals surface area (Å²) in [7, 11) is 0. The van der Waals surface area contributed by atoms with E-state index in [4.69, 9.17) is 25.7 Å². The molecule has 176 valence electrons. The summed E-state index contributed by atoms with van der Waals surface area (Å²) in [6, 6.07) is 0. The van der Waals surface area contributed by atoms with Crippen molar-refractivity contribution >= 4 is 22.9 Å². The van der Waals surface area contributed by atoms with Gasteiger partial charge in [-0.2, -0.15) is 0 Å². The molecule has 2 aromatic rings. The third-order valence-electron chi connectivity index (χ3n) is 5.88. The molecule has 1 amide bonds. The van der Waals surface area contributed by atoms with Crippen LogP contribution >= 0.6 is 0 Å². The van der Waals surface area contributed by atoms with Gasteiger partial charge in [-0.05, 0) is 33.2 Å². The molecule has 2 aromatic heterocycles. The van der Waals surface area contributed by atoms with Crippen molar-refractivity contribution in [1.82, 2.24) is 24.8 Å². The summed E-state index contributed by atoms with van der Waals surface area (Å²) in [5.41, 5.74) is 12.4. The molecule has 2 aliphatic rings. The Balaban J connectivity index is 1.40. The van der Waals surface area contributed by atoms with Crippen molar-refractivity contribution < 1.29 is 19.0 Å². The summed E-state index contributed by atoms with van der Waals surface area (Å²) in [5.74, 6) is -0.751. The first-order valence-electron chi connectivity index (χ1n) is 11.3. The van der Waals surface area contributed by atoms with E-state index < -0.39 is 30.3 Å². The molecule has 4 rings (SSSR count). The fourth-order valence-electron chi connectivity index (χ4n) is 4.36. The van der Waals surface area contributed by atoms with Crippen molar-refractivity contribution in [2.75, 3.05) is 18.8 Å². The highest BCUT2D eigenvalue weighted by Crippen LogP contribution is 2.43. The van der Waals surface area contributed by atoms with Gasteiger partial charge in [0.05, 0.1) is 6.33 Å². The number of aromatic nitrogens is 4. The van der Waals surface area contributed by atoms with Gasteiger partial charge in [-0.3, -0.25) is 9.36 Å². The molecule has 0 bridgehead atoms. The van der Waals surface area contributed by atoms with Crippen LogP contribution < -0.4 is 16.8 Å². The molecule has 32 heavy (non-hydrogen) atoms. The summed E-state index contributed by atoms with van der Waals surface area (Å²) in [4.78, 5) is 25.5. The lowest BCUT2D eigenvalue weighted by atomic mass is 10.1. The second-order valence-corrected chi connectivity index (χ2v) is 8.80. The highest BCUT2D eigenvalue weighted by atomic mass is 16.8. The van der Waals surface area contributed by atoms with Gasteiger partial charge in [-0.25, -0.2) is 15.0 Å². The number of hydrogen-bond donors (Lipinski definition) is 3. The predicted molar refractivity (Wildman–Crippen MR) is 117 cm³/mol. The molecule has 4 heterocycles. The average molecular weight is 448 g/mol. The molecule has 0 spiro atoms. The standard InChI is InChI=1S/C21H33N7O4/c1-21(2)31-14-15(19(29)24-10-8-6-4-3-5-7-9-22)30-20(16(14)32-21)28-12-27-13-17(23)25-11-26-18(13)28/h11-12,14-16,20H,3-10,22H2,1-2H3,(H,24,29)(H2,23,25,26)/t14-,15+,16-,20-/m1/s1. The number of carbonyl (C=O) groups excluding carboxylic acids is 1. The number of rotatable bonds is 10. The molecular weight excluding hydrogens is 414 g/mol. The van der Waals surface area contributed by atoms with Crippen molar-refractivity contribution in [1.29, 1.82) is 0 Å². The van der Waals surface area contributed by atoms with Crippen LogP contribution in [0, 0.1) is 0 Å². The Morgan fingerprint density at radius 3 is 2.59 bits per heavy atom. The van der Waals surface area contributed by atoms with E-state index in [9.17, 15) is 4.79 Å². The van der Waals surface area contributed by atoms with E-state index in [-0.39, 0.29) is 11.7 Å². The van der Waals surface area contributed by atoms with E-state index in [1.165, 1.54) is 12.7 Å². The molecule has 0 radical (unpaired) electrons. The fourth-order valence-corrected chi connectivity index (χ4v) is 4.36. The summed E-state index contributed by atoms with van der Waals surface area (Å²) in [6.45, 7) is 5.00. The summed E-state index contributed by atoms with van der Waals surface area (Å²) >= 11 is 0. The van der Waals surface area contributed by atoms with Gasteiger partial charge in [0.2, 0.25) is 0 Å². The van der Waals surface area contributed by atoms with Crippen LogP contribution in [0.1, 0.15) is 58.6 Å². The van der Waals surface area contributed by atoms with Crippen molar-refractivity contribution in [3.8, 4) is 0 Å². The molecular formula is C21H33N7O4. The van der Waals surface area contributed by atoms with Gasteiger partial charge in [0.15, 0.2) is 29.6 Å². The van der Waals surface area contributed by atoms with Crippen LogP contribution in [0.5, 0.6) is 0 Å². The van der Waals surface area contributed by atoms with Crippen LogP contribution in [0.25, 0.3) is 11.2 Å².